The third kappa shape index (κ3) is 5.28. The zero-order valence-corrected chi connectivity index (χ0v) is 15.9. The van der Waals surface area contributed by atoms with Crippen LogP contribution >= 0.6 is 0 Å². The predicted molar refractivity (Wildman–Crippen MR) is 96.1 cm³/mol. The Balaban J connectivity index is 1.89. The lowest BCUT2D eigenvalue weighted by Gasteiger charge is -2.18. The van der Waals surface area contributed by atoms with Crippen molar-refractivity contribution in [2.75, 3.05) is 11.9 Å². The standard InChI is InChI=1S/C19H12F7N3O3/c1-28(12-4-2-11(20)3-5-12)17(30)31-15-10-27-29(16(15)18(21,22)23)13-6-8-14(9-7-13)32-19(24,25)26/h2-10H,1H3. The molecule has 0 radical (unpaired) electrons. The molecule has 0 aliphatic rings. The Morgan fingerprint density at radius 3 is 2.09 bits per heavy atom. The number of alkyl halides is 6. The second-order valence-electron chi connectivity index (χ2n) is 6.21. The van der Waals surface area contributed by atoms with Crippen molar-refractivity contribution in [3.63, 3.8) is 0 Å². The van der Waals surface area contributed by atoms with E-state index in [-0.39, 0.29) is 11.4 Å². The van der Waals surface area contributed by atoms with E-state index >= 15 is 0 Å². The zero-order chi connectivity index (χ0) is 23.7. The Kier molecular flexibility index (Phi) is 6.01. The van der Waals surface area contributed by atoms with E-state index in [1.807, 2.05) is 0 Å². The van der Waals surface area contributed by atoms with Gasteiger partial charge in [0.05, 0.1) is 11.9 Å². The van der Waals surface area contributed by atoms with Gasteiger partial charge in [0, 0.05) is 12.7 Å². The molecule has 2 aromatic carbocycles. The summed E-state index contributed by atoms with van der Waals surface area (Å²) < 4.78 is 99.7. The Labute approximate surface area is 175 Å². The van der Waals surface area contributed by atoms with Gasteiger partial charge in [-0.1, -0.05) is 0 Å². The Hall–Kier alpha value is -3.77. The van der Waals surface area contributed by atoms with Crippen LogP contribution in [0.15, 0.2) is 54.7 Å². The van der Waals surface area contributed by atoms with E-state index < -0.39 is 41.6 Å². The van der Waals surface area contributed by atoms with Crippen molar-refractivity contribution in [1.29, 1.82) is 0 Å². The maximum Gasteiger partial charge on any atom is 0.573 e. The van der Waals surface area contributed by atoms with Gasteiger partial charge in [0.15, 0.2) is 11.4 Å². The lowest BCUT2D eigenvalue weighted by atomic mass is 10.3. The van der Waals surface area contributed by atoms with Gasteiger partial charge in [-0.2, -0.15) is 18.3 Å². The number of amides is 1. The molecule has 0 saturated heterocycles. The lowest BCUT2D eigenvalue weighted by Crippen LogP contribution is -2.30. The molecule has 6 nitrogen and oxygen atoms in total. The fraction of sp³-hybridized carbons (Fsp3) is 0.158. The summed E-state index contributed by atoms with van der Waals surface area (Å²) >= 11 is 0. The molecule has 0 aliphatic heterocycles. The molecule has 0 unspecified atom stereocenters. The number of nitrogens with zero attached hydrogens (tertiary/aromatic N) is 3. The van der Waals surface area contributed by atoms with Gasteiger partial charge < -0.3 is 9.47 Å². The van der Waals surface area contributed by atoms with Gasteiger partial charge in [0.2, 0.25) is 0 Å². The Morgan fingerprint density at radius 1 is 0.969 bits per heavy atom. The molecule has 3 aromatic rings. The monoisotopic (exact) mass is 463 g/mol. The van der Waals surface area contributed by atoms with E-state index in [9.17, 15) is 35.5 Å². The number of hydrogen-bond acceptors (Lipinski definition) is 4. The first kappa shape index (κ1) is 22.9. The molecule has 0 bridgehead atoms. The molecule has 0 saturated carbocycles. The number of rotatable bonds is 4. The molecule has 1 heterocycles. The van der Waals surface area contributed by atoms with Crippen LogP contribution in [0.3, 0.4) is 0 Å². The van der Waals surface area contributed by atoms with Crippen LogP contribution in [0.5, 0.6) is 11.5 Å². The normalized spacial score (nSPS) is 11.9. The van der Waals surface area contributed by atoms with Gasteiger partial charge >= 0.3 is 18.6 Å². The van der Waals surface area contributed by atoms with Gasteiger partial charge in [-0.3, -0.25) is 4.90 Å². The number of carbonyl (C=O) groups is 1. The molecule has 13 heteroatoms. The number of hydrogen-bond donors (Lipinski definition) is 0. The fourth-order valence-corrected chi connectivity index (χ4v) is 2.59. The molecule has 170 valence electrons. The maximum absolute atomic E-state index is 13.7. The number of halogens is 7. The largest absolute Gasteiger partial charge is 0.573 e. The molecule has 0 aliphatic carbocycles. The third-order valence-corrected chi connectivity index (χ3v) is 4.00. The van der Waals surface area contributed by atoms with Gasteiger partial charge in [-0.15, -0.1) is 13.2 Å². The Morgan fingerprint density at radius 2 is 1.56 bits per heavy atom. The number of anilines is 1. The molecule has 0 N–H and O–H groups in total. The van der Waals surface area contributed by atoms with E-state index in [0.717, 1.165) is 41.3 Å². The zero-order valence-electron chi connectivity index (χ0n) is 15.9. The summed E-state index contributed by atoms with van der Waals surface area (Å²) in [6.07, 6.45) is -10.6. The lowest BCUT2D eigenvalue weighted by molar-refractivity contribution is -0.274. The predicted octanol–water partition coefficient (Wildman–Crippen LogP) is 5.56. The average Bonchev–Trinajstić information content (AvgIpc) is 3.11. The van der Waals surface area contributed by atoms with Crippen molar-refractivity contribution in [3.05, 3.63) is 66.2 Å². The number of aromatic nitrogens is 2. The second kappa shape index (κ2) is 8.40. The summed E-state index contributed by atoms with van der Waals surface area (Å²) in [5, 5.41) is 3.54. The SMILES string of the molecule is CN(C(=O)Oc1cnn(-c2ccc(OC(F)(F)F)cc2)c1C(F)(F)F)c1ccc(F)cc1. The van der Waals surface area contributed by atoms with Crippen molar-refractivity contribution in [3.8, 4) is 17.2 Å². The molecular formula is C19H12F7N3O3. The summed E-state index contributed by atoms with van der Waals surface area (Å²) in [5.41, 5.74) is -1.58. The fourth-order valence-electron chi connectivity index (χ4n) is 2.59. The van der Waals surface area contributed by atoms with Crippen molar-refractivity contribution in [2.45, 2.75) is 12.5 Å². The van der Waals surface area contributed by atoms with Crippen molar-refractivity contribution >= 4 is 11.8 Å². The van der Waals surface area contributed by atoms with E-state index in [4.69, 9.17) is 4.74 Å². The van der Waals surface area contributed by atoms with E-state index in [2.05, 4.69) is 9.84 Å². The van der Waals surface area contributed by atoms with Crippen LogP contribution in [0.1, 0.15) is 5.69 Å². The average molecular weight is 463 g/mol. The highest BCUT2D eigenvalue weighted by Crippen LogP contribution is 2.38. The van der Waals surface area contributed by atoms with Crippen molar-refractivity contribution < 1.29 is 45.0 Å². The topological polar surface area (TPSA) is 56.6 Å². The van der Waals surface area contributed by atoms with E-state index in [0.29, 0.717) is 10.9 Å². The molecule has 0 atom stereocenters. The van der Waals surface area contributed by atoms with Crippen LogP contribution in [0.2, 0.25) is 0 Å². The molecule has 1 amide bonds. The maximum atomic E-state index is 13.7. The highest BCUT2D eigenvalue weighted by atomic mass is 19.4. The second-order valence-corrected chi connectivity index (χ2v) is 6.21. The van der Waals surface area contributed by atoms with Crippen molar-refractivity contribution in [2.24, 2.45) is 0 Å². The smallest absolute Gasteiger partial charge is 0.406 e. The first-order valence-corrected chi connectivity index (χ1v) is 8.57. The minimum absolute atomic E-state index is 0.151. The summed E-state index contributed by atoms with van der Waals surface area (Å²) in [7, 11) is 1.20. The summed E-state index contributed by atoms with van der Waals surface area (Å²) in [4.78, 5) is 13.1. The molecule has 0 spiro atoms. The first-order valence-electron chi connectivity index (χ1n) is 8.57. The van der Waals surface area contributed by atoms with Crippen LogP contribution < -0.4 is 14.4 Å². The highest BCUT2D eigenvalue weighted by Gasteiger charge is 2.41. The molecular weight excluding hydrogens is 451 g/mol. The Bertz CT molecular complexity index is 1090. The first-order chi connectivity index (χ1) is 14.8. The van der Waals surface area contributed by atoms with Crippen LogP contribution in [0, 0.1) is 5.82 Å². The molecule has 1 aromatic heterocycles. The minimum atomic E-state index is -5.04. The molecule has 0 fully saturated rings. The third-order valence-electron chi connectivity index (χ3n) is 4.00. The van der Waals surface area contributed by atoms with Crippen LogP contribution in [-0.4, -0.2) is 29.3 Å². The number of ether oxygens (including phenoxy) is 2. The van der Waals surface area contributed by atoms with E-state index in [1.54, 1.807) is 0 Å². The van der Waals surface area contributed by atoms with Crippen LogP contribution in [-0.2, 0) is 6.18 Å². The quantitative estimate of drug-likeness (QED) is 0.476. The van der Waals surface area contributed by atoms with Gasteiger partial charge in [-0.05, 0) is 48.5 Å². The van der Waals surface area contributed by atoms with Gasteiger partial charge in [0.25, 0.3) is 0 Å². The van der Waals surface area contributed by atoms with Gasteiger partial charge in [0.1, 0.15) is 11.6 Å². The van der Waals surface area contributed by atoms with E-state index in [1.165, 1.54) is 19.2 Å². The minimum Gasteiger partial charge on any atom is -0.406 e. The van der Waals surface area contributed by atoms with Crippen LogP contribution in [0.4, 0.5) is 41.2 Å². The highest BCUT2D eigenvalue weighted by molar-refractivity contribution is 5.88. The van der Waals surface area contributed by atoms with Crippen molar-refractivity contribution in [1.82, 2.24) is 9.78 Å². The van der Waals surface area contributed by atoms with Gasteiger partial charge in [-0.25, -0.2) is 13.9 Å². The molecule has 32 heavy (non-hydrogen) atoms. The summed E-state index contributed by atoms with van der Waals surface area (Å²) in [5.74, 6) is -2.16. The summed E-state index contributed by atoms with van der Waals surface area (Å²) in [6.45, 7) is 0. The van der Waals surface area contributed by atoms with Crippen LogP contribution in [0.25, 0.3) is 5.69 Å². The number of carbonyl (C=O) groups excluding carboxylic acids is 1. The molecule has 3 rings (SSSR count). The summed E-state index contributed by atoms with van der Waals surface area (Å²) in [6, 6.07) is 7.97. The number of benzene rings is 2.